The van der Waals surface area contributed by atoms with E-state index >= 15 is 0 Å². The van der Waals surface area contributed by atoms with Crippen LogP contribution in [0.5, 0.6) is 0 Å². The van der Waals surface area contributed by atoms with Crippen molar-refractivity contribution >= 4 is 11.8 Å². The molecule has 0 amide bonds. The lowest BCUT2D eigenvalue weighted by Gasteiger charge is -2.42. The fourth-order valence-corrected chi connectivity index (χ4v) is 5.11. The molecular weight excluding hydrogens is 264 g/mol. The average Bonchev–Trinajstić information content (AvgIpc) is 2.41. The third kappa shape index (κ3) is 4.64. The van der Waals surface area contributed by atoms with Gasteiger partial charge in [-0.2, -0.15) is 11.8 Å². The Morgan fingerprint density at radius 2 is 2.10 bits per heavy atom. The monoisotopic (exact) mass is 298 g/mol. The van der Waals surface area contributed by atoms with E-state index in [1.807, 2.05) is 0 Å². The molecule has 1 saturated carbocycles. The van der Waals surface area contributed by atoms with Gasteiger partial charge in [0.25, 0.3) is 0 Å². The van der Waals surface area contributed by atoms with Gasteiger partial charge in [-0.1, -0.05) is 27.7 Å². The molecular formula is C17H34N2S. The van der Waals surface area contributed by atoms with Crippen molar-refractivity contribution in [1.82, 2.24) is 10.2 Å². The number of rotatable bonds is 5. The van der Waals surface area contributed by atoms with E-state index in [1.54, 1.807) is 0 Å². The van der Waals surface area contributed by atoms with Gasteiger partial charge >= 0.3 is 0 Å². The van der Waals surface area contributed by atoms with Crippen molar-refractivity contribution < 1.29 is 0 Å². The highest BCUT2D eigenvalue weighted by molar-refractivity contribution is 7.99. The standard InChI is InChI=1S/C17H34N2S/c1-5-18-17-7-6-15(13(2)3)10-16(17)12-19-8-9-20-14(4)11-19/h13-18H,5-12H2,1-4H3. The highest BCUT2D eigenvalue weighted by Gasteiger charge is 2.33. The Labute approximate surface area is 130 Å². The largest absolute Gasteiger partial charge is 0.314 e. The maximum Gasteiger partial charge on any atom is 0.0147 e. The van der Waals surface area contributed by atoms with Crippen LogP contribution in [0.4, 0.5) is 0 Å². The molecule has 0 aromatic rings. The molecule has 0 aromatic carbocycles. The summed E-state index contributed by atoms with van der Waals surface area (Å²) in [6, 6.07) is 0.764. The summed E-state index contributed by atoms with van der Waals surface area (Å²) in [5, 5.41) is 4.59. The van der Waals surface area contributed by atoms with Gasteiger partial charge in [0.15, 0.2) is 0 Å². The Morgan fingerprint density at radius 3 is 2.75 bits per heavy atom. The summed E-state index contributed by atoms with van der Waals surface area (Å²) >= 11 is 2.14. The Morgan fingerprint density at radius 1 is 1.30 bits per heavy atom. The van der Waals surface area contributed by atoms with Gasteiger partial charge < -0.3 is 10.2 Å². The van der Waals surface area contributed by atoms with E-state index in [0.717, 1.165) is 35.6 Å². The molecule has 0 radical (unpaired) electrons. The number of hydrogen-bond acceptors (Lipinski definition) is 3. The minimum atomic E-state index is 0.764. The molecule has 0 spiro atoms. The molecule has 2 rings (SSSR count). The summed E-state index contributed by atoms with van der Waals surface area (Å²) in [5.74, 6) is 4.00. The molecule has 1 aliphatic carbocycles. The maximum absolute atomic E-state index is 3.76. The van der Waals surface area contributed by atoms with Crippen LogP contribution in [0.1, 0.15) is 47.0 Å². The second kappa shape index (κ2) is 8.05. The zero-order chi connectivity index (χ0) is 14.5. The number of nitrogens with zero attached hydrogens (tertiary/aromatic N) is 1. The molecule has 2 nitrogen and oxygen atoms in total. The fraction of sp³-hybridized carbons (Fsp3) is 1.00. The molecule has 2 fully saturated rings. The van der Waals surface area contributed by atoms with Gasteiger partial charge in [-0.05, 0) is 43.6 Å². The topological polar surface area (TPSA) is 15.3 Å². The van der Waals surface area contributed by atoms with E-state index in [4.69, 9.17) is 0 Å². The molecule has 1 aliphatic heterocycles. The van der Waals surface area contributed by atoms with E-state index in [9.17, 15) is 0 Å². The molecule has 2 aliphatic rings. The van der Waals surface area contributed by atoms with Crippen LogP contribution in [-0.4, -0.2) is 48.1 Å². The van der Waals surface area contributed by atoms with E-state index in [0.29, 0.717) is 0 Å². The van der Waals surface area contributed by atoms with Gasteiger partial charge in [0, 0.05) is 36.7 Å². The summed E-state index contributed by atoms with van der Waals surface area (Å²) in [6.45, 7) is 14.5. The van der Waals surface area contributed by atoms with Crippen LogP contribution in [0.2, 0.25) is 0 Å². The van der Waals surface area contributed by atoms with E-state index in [1.165, 1.54) is 44.6 Å². The molecule has 1 saturated heterocycles. The Balaban J connectivity index is 1.92. The first-order valence-electron chi connectivity index (χ1n) is 8.67. The number of nitrogens with one attached hydrogen (secondary N) is 1. The molecule has 0 aromatic heterocycles. The van der Waals surface area contributed by atoms with Crippen molar-refractivity contribution in [3.05, 3.63) is 0 Å². The van der Waals surface area contributed by atoms with Crippen LogP contribution < -0.4 is 5.32 Å². The van der Waals surface area contributed by atoms with Crippen molar-refractivity contribution in [3.63, 3.8) is 0 Å². The average molecular weight is 299 g/mol. The van der Waals surface area contributed by atoms with Crippen LogP contribution in [0.25, 0.3) is 0 Å². The van der Waals surface area contributed by atoms with Gasteiger partial charge in [-0.3, -0.25) is 0 Å². The van der Waals surface area contributed by atoms with Crippen LogP contribution >= 0.6 is 11.8 Å². The van der Waals surface area contributed by atoms with Gasteiger partial charge in [-0.15, -0.1) is 0 Å². The van der Waals surface area contributed by atoms with E-state index in [2.05, 4.69) is 49.7 Å². The summed E-state index contributed by atoms with van der Waals surface area (Å²) in [6.07, 6.45) is 4.25. The quantitative estimate of drug-likeness (QED) is 0.836. The van der Waals surface area contributed by atoms with E-state index < -0.39 is 0 Å². The highest BCUT2D eigenvalue weighted by Crippen LogP contribution is 2.35. The van der Waals surface area contributed by atoms with Gasteiger partial charge in [-0.25, -0.2) is 0 Å². The van der Waals surface area contributed by atoms with E-state index in [-0.39, 0.29) is 0 Å². The molecule has 118 valence electrons. The van der Waals surface area contributed by atoms with Crippen LogP contribution in [-0.2, 0) is 0 Å². The van der Waals surface area contributed by atoms with Crippen LogP contribution in [0.3, 0.4) is 0 Å². The molecule has 1 heterocycles. The Bertz CT molecular complexity index is 282. The normalized spacial score (nSPS) is 36.5. The molecule has 3 heteroatoms. The predicted octanol–water partition coefficient (Wildman–Crippen LogP) is 3.47. The SMILES string of the molecule is CCNC1CCC(C(C)C)CC1CN1CCSC(C)C1. The smallest absolute Gasteiger partial charge is 0.0147 e. The highest BCUT2D eigenvalue weighted by atomic mass is 32.2. The fourth-order valence-electron chi connectivity index (χ4n) is 4.03. The second-order valence-electron chi connectivity index (χ2n) is 7.18. The van der Waals surface area contributed by atoms with Crippen LogP contribution in [0.15, 0.2) is 0 Å². The molecule has 4 unspecified atom stereocenters. The van der Waals surface area contributed by atoms with Crippen LogP contribution in [0, 0.1) is 17.8 Å². The van der Waals surface area contributed by atoms with Crippen molar-refractivity contribution in [3.8, 4) is 0 Å². The van der Waals surface area contributed by atoms with Crippen molar-refractivity contribution in [2.75, 3.05) is 31.9 Å². The van der Waals surface area contributed by atoms with Crippen molar-refractivity contribution in [2.45, 2.75) is 58.2 Å². The summed E-state index contributed by atoms with van der Waals surface area (Å²) in [4.78, 5) is 2.74. The third-order valence-corrected chi connectivity index (χ3v) is 6.39. The Kier molecular flexibility index (Phi) is 6.70. The zero-order valence-electron chi connectivity index (χ0n) is 13.9. The molecule has 20 heavy (non-hydrogen) atoms. The minimum Gasteiger partial charge on any atom is -0.314 e. The Hall–Kier alpha value is 0.270. The minimum absolute atomic E-state index is 0.764. The summed E-state index contributed by atoms with van der Waals surface area (Å²) < 4.78 is 0. The third-order valence-electron chi connectivity index (χ3n) is 5.25. The van der Waals surface area contributed by atoms with Crippen molar-refractivity contribution in [2.24, 2.45) is 17.8 Å². The van der Waals surface area contributed by atoms with Crippen molar-refractivity contribution in [1.29, 1.82) is 0 Å². The molecule has 4 atom stereocenters. The first-order valence-corrected chi connectivity index (χ1v) is 9.72. The first kappa shape index (κ1) is 16.6. The van der Waals surface area contributed by atoms with Gasteiger partial charge in [0.05, 0.1) is 0 Å². The summed E-state index contributed by atoms with van der Waals surface area (Å²) in [7, 11) is 0. The van der Waals surface area contributed by atoms with Gasteiger partial charge in [0.1, 0.15) is 0 Å². The number of hydrogen-bond donors (Lipinski definition) is 1. The zero-order valence-corrected chi connectivity index (χ0v) is 14.7. The summed E-state index contributed by atoms with van der Waals surface area (Å²) in [5.41, 5.74) is 0. The lowest BCUT2D eigenvalue weighted by atomic mass is 9.73. The van der Waals surface area contributed by atoms with Gasteiger partial charge in [0.2, 0.25) is 0 Å². The molecule has 1 N–H and O–H groups in total. The number of thioether (sulfide) groups is 1. The lowest BCUT2D eigenvalue weighted by Crippen LogP contribution is -2.48. The molecule has 0 bridgehead atoms. The lowest BCUT2D eigenvalue weighted by molar-refractivity contribution is 0.124. The second-order valence-corrected chi connectivity index (χ2v) is 8.73. The predicted molar refractivity (Wildman–Crippen MR) is 91.5 cm³/mol. The maximum atomic E-state index is 3.76. The first-order chi connectivity index (χ1) is 9.60.